The van der Waals surface area contributed by atoms with Gasteiger partial charge in [-0.25, -0.2) is 4.98 Å². The molecule has 2 fully saturated rings. The summed E-state index contributed by atoms with van der Waals surface area (Å²) >= 11 is 0. The molecule has 10 nitrogen and oxygen atoms in total. The number of amides is 2. The van der Waals surface area contributed by atoms with Crippen molar-refractivity contribution in [2.75, 3.05) is 27.7 Å². The van der Waals surface area contributed by atoms with Gasteiger partial charge in [0.2, 0.25) is 11.8 Å². The zero-order chi connectivity index (χ0) is 28.8. The lowest BCUT2D eigenvalue weighted by Crippen LogP contribution is -2.39. The van der Waals surface area contributed by atoms with E-state index in [0.29, 0.717) is 16.5 Å². The number of nitrogens with zero attached hydrogens (tertiary/aromatic N) is 3. The normalized spacial score (nSPS) is 24.3. The van der Waals surface area contributed by atoms with Crippen LogP contribution in [0.2, 0.25) is 0 Å². The highest BCUT2D eigenvalue weighted by Gasteiger charge is 2.74. The van der Waals surface area contributed by atoms with Crippen molar-refractivity contribution in [3.05, 3.63) is 65.6 Å². The number of methoxy groups -OCH3 is 1. The summed E-state index contributed by atoms with van der Waals surface area (Å²) in [6.07, 6.45) is -2.12. The molecule has 5 atom stereocenters. The number of fused-ring (bicyclic) bond motifs is 2. The van der Waals surface area contributed by atoms with E-state index in [-0.39, 0.29) is 36.0 Å². The third-order valence-corrected chi connectivity index (χ3v) is 7.47. The predicted molar refractivity (Wildman–Crippen MR) is 138 cm³/mol. The van der Waals surface area contributed by atoms with Crippen molar-refractivity contribution < 1.29 is 32.2 Å². The van der Waals surface area contributed by atoms with Crippen molar-refractivity contribution in [1.29, 1.82) is 0 Å². The van der Waals surface area contributed by atoms with E-state index in [0.717, 1.165) is 6.07 Å². The van der Waals surface area contributed by atoms with Gasteiger partial charge in [-0.3, -0.25) is 19.9 Å². The van der Waals surface area contributed by atoms with Crippen molar-refractivity contribution in [1.82, 2.24) is 25.5 Å². The van der Waals surface area contributed by atoms with Crippen LogP contribution in [-0.4, -0.2) is 66.1 Å². The van der Waals surface area contributed by atoms with E-state index >= 15 is 0 Å². The molecular weight excluding hydrogens is 529 g/mol. The molecule has 40 heavy (non-hydrogen) atoms. The number of pyridine rings is 2. The predicted octanol–water partition coefficient (Wildman–Crippen LogP) is 2.31. The number of aromatic nitrogens is 2. The number of alkyl halides is 3. The Bertz CT molecular complexity index is 1440. The van der Waals surface area contributed by atoms with Crippen LogP contribution in [0.4, 0.5) is 13.2 Å². The Kier molecular flexibility index (Phi) is 7.15. The highest BCUT2D eigenvalue weighted by atomic mass is 19.4. The second kappa shape index (κ2) is 10.3. The van der Waals surface area contributed by atoms with E-state index in [1.807, 2.05) is 0 Å². The zero-order valence-corrected chi connectivity index (χ0v) is 22.0. The molecule has 0 spiro atoms. The first kappa shape index (κ1) is 27.7. The maximum atomic E-state index is 13.4. The van der Waals surface area contributed by atoms with E-state index in [1.54, 1.807) is 44.7 Å². The van der Waals surface area contributed by atoms with Gasteiger partial charge < -0.3 is 25.4 Å². The SMILES string of the molecule is COc1ccc(C2NC3C(C(=O)N[C@@H](CC(=O)N(C)C)c4cccnc4)C3(CN)O2)c2ccc(C(F)(F)F)nc12. The monoisotopic (exact) mass is 558 g/mol. The molecule has 2 amide bonds. The fourth-order valence-electron chi connectivity index (χ4n) is 5.26. The number of carbonyl (C=O) groups excluding carboxylic acids is 2. The van der Waals surface area contributed by atoms with E-state index in [1.165, 1.54) is 24.1 Å². The molecule has 4 unspecified atom stereocenters. The Labute approximate surface area is 228 Å². The second-order valence-electron chi connectivity index (χ2n) is 10.1. The van der Waals surface area contributed by atoms with Gasteiger partial charge in [0.05, 0.1) is 31.5 Å². The Balaban J connectivity index is 1.37. The quantitative estimate of drug-likeness (QED) is 0.384. The lowest BCUT2D eigenvalue weighted by Gasteiger charge is -2.24. The molecule has 1 saturated carbocycles. The highest BCUT2D eigenvalue weighted by molar-refractivity contribution is 5.89. The summed E-state index contributed by atoms with van der Waals surface area (Å²) in [6.45, 7) is 0.0258. The molecule has 5 rings (SSSR count). The topological polar surface area (TPSA) is 132 Å². The number of carbonyl (C=O) groups is 2. The summed E-state index contributed by atoms with van der Waals surface area (Å²) in [5.74, 6) is -0.950. The first-order valence-corrected chi connectivity index (χ1v) is 12.6. The van der Waals surface area contributed by atoms with Crippen LogP contribution in [-0.2, 0) is 20.5 Å². The van der Waals surface area contributed by atoms with E-state index in [4.69, 9.17) is 15.2 Å². The average molecular weight is 559 g/mol. The van der Waals surface area contributed by atoms with Crippen LogP contribution < -0.4 is 21.1 Å². The van der Waals surface area contributed by atoms with Gasteiger partial charge in [0.15, 0.2) is 0 Å². The number of rotatable bonds is 8. The standard InChI is InChI=1S/C27H29F3N6O4/c1-36(2)20(37)11-17(14-5-4-10-32-12-14)33-24(38)21-23-26(21,13-31)40-25(35-23)16-6-8-18(39-3)22-15(16)7-9-19(34-22)27(28,29)30/h4-10,12,17,21,23,25,35H,11,13,31H2,1-3H3,(H,33,38)/t17-,21?,23?,25?,26?/m0/s1. The molecule has 4 N–H and O–H groups in total. The molecular formula is C27H29F3N6O4. The lowest BCUT2D eigenvalue weighted by molar-refractivity contribution is -0.141. The van der Waals surface area contributed by atoms with Gasteiger partial charge in [-0.2, -0.15) is 13.2 Å². The van der Waals surface area contributed by atoms with Crippen LogP contribution in [0, 0.1) is 5.92 Å². The molecule has 2 aromatic heterocycles. The summed E-state index contributed by atoms with van der Waals surface area (Å²) in [7, 11) is 4.63. The molecule has 0 bridgehead atoms. The number of hydrogen-bond acceptors (Lipinski definition) is 8. The van der Waals surface area contributed by atoms with Crippen molar-refractivity contribution in [2.45, 2.75) is 36.5 Å². The van der Waals surface area contributed by atoms with Crippen molar-refractivity contribution >= 4 is 22.7 Å². The molecule has 212 valence electrons. The fourth-order valence-corrected chi connectivity index (χ4v) is 5.26. The number of nitrogens with one attached hydrogen (secondary N) is 2. The van der Waals surface area contributed by atoms with E-state index in [9.17, 15) is 22.8 Å². The summed E-state index contributed by atoms with van der Waals surface area (Å²) in [6, 6.07) is 7.90. The number of benzene rings is 1. The summed E-state index contributed by atoms with van der Waals surface area (Å²) in [4.78, 5) is 35.2. The van der Waals surface area contributed by atoms with Gasteiger partial charge in [-0.1, -0.05) is 18.2 Å². The van der Waals surface area contributed by atoms with Gasteiger partial charge in [0, 0.05) is 44.0 Å². The summed E-state index contributed by atoms with van der Waals surface area (Å²) in [5.41, 5.74) is 5.30. The Morgan fingerprint density at radius 3 is 2.62 bits per heavy atom. The first-order chi connectivity index (χ1) is 19.0. The van der Waals surface area contributed by atoms with E-state index < -0.39 is 41.7 Å². The molecule has 3 heterocycles. The van der Waals surface area contributed by atoms with Crippen molar-refractivity contribution in [2.24, 2.45) is 11.7 Å². The molecule has 1 saturated heterocycles. The van der Waals surface area contributed by atoms with E-state index in [2.05, 4.69) is 20.6 Å². The fraction of sp³-hybridized carbons (Fsp3) is 0.407. The summed E-state index contributed by atoms with van der Waals surface area (Å²) in [5, 5.41) is 6.64. The molecule has 1 aliphatic carbocycles. The van der Waals surface area contributed by atoms with Gasteiger partial charge in [-0.05, 0) is 23.8 Å². The van der Waals surface area contributed by atoms with Crippen LogP contribution in [0.1, 0.15) is 35.5 Å². The largest absolute Gasteiger partial charge is 0.494 e. The number of nitrogens with two attached hydrogens (primary N) is 1. The molecule has 13 heteroatoms. The second-order valence-corrected chi connectivity index (χ2v) is 10.1. The molecule has 2 aliphatic rings. The molecule has 1 aliphatic heterocycles. The maximum absolute atomic E-state index is 13.4. The smallest absolute Gasteiger partial charge is 0.433 e. The van der Waals surface area contributed by atoms with Crippen LogP contribution in [0.15, 0.2) is 48.8 Å². The maximum Gasteiger partial charge on any atom is 0.433 e. The Hall–Kier alpha value is -3.81. The summed E-state index contributed by atoms with van der Waals surface area (Å²) < 4.78 is 51.5. The molecule has 0 radical (unpaired) electrons. The lowest BCUT2D eigenvalue weighted by atomic mass is 10.0. The molecule has 3 aromatic rings. The first-order valence-electron chi connectivity index (χ1n) is 12.6. The van der Waals surface area contributed by atoms with Gasteiger partial charge >= 0.3 is 6.18 Å². The van der Waals surface area contributed by atoms with Gasteiger partial charge in [-0.15, -0.1) is 0 Å². The minimum Gasteiger partial charge on any atom is -0.494 e. The number of hydrogen-bond donors (Lipinski definition) is 3. The number of halogens is 3. The minimum atomic E-state index is -4.62. The minimum absolute atomic E-state index is 0.0258. The van der Waals surface area contributed by atoms with Crippen LogP contribution in [0.3, 0.4) is 0 Å². The van der Waals surface area contributed by atoms with Crippen LogP contribution in [0.5, 0.6) is 5.75 Å². The van der Waals surface area contributed by atoms with Crippen molar-refractivity contribution in [3.8, 4) is 5.75 Å². The van der Waals surface area contributed by atoms with Gasteiger partial charge in [0.25, 0.3) is 0 Å². The molecule has 1 aromatic carbocycles. The highest BCUT2D eigenvalue weighted by Crippen LogP contribution is 2.55. The van der Waals surface area contributed by atoms with Gasteiger partial charge in [0.1, 0.15) is 28.8 Å². The average Bonchev–Trinajstić information content (AvgIpc) is 3.40. The Morgan fingerprint density at radius 2 is 2.02 bits per heavy atom. The van der Waals surface area contributed by atoms with Crippen LogP contribution >= 0.6 is 0 Å². The van der Waals surface area contributed by atoms with Crippen LogP contribution in [0.25, 0.3) is 10.9 Å². The third-order valence-electron chi connectivity index (χ3n) is 7.47. The Morgan fingerprint density at radius 1 is 1.25 bits per heavy atom. The van der Waals surface area contributed by atoms with Crippen molar-refractivity contribution in [3.63, 3.8) is 0 Å². The zero-order valence-electron chi connectivity index (χ0n) is 22.0. The number of ether oxygens (including phenoxy) is 2. The third kappa shape index (κ3) is 4.84.